The number of anilines is 1. The number of carbonyl (C=O) groups excluding carboxylic acids is 1. The second kappa shape index (κ2) is 11.6. The van der Waals surface area contributed by atoms with E-state index in [1.807, 2.05) is 31.2 Å². The molecule has 0 saturated carbocycles. The number of aryl methyl sites for hydroxylation is 1. The van der Waals surface area contributed by atoms with Gasteiger partial charge in [0.05, 0.1) is 5.92 Å². The van der Waals surface area contributed by atoms with Crippen molar-refractivity contribution in [3.8, 4) is 0 Å². The van der Waals surface area contributed by atoms with E-state index >= 15 is 0 Å². The van der Waals surface area contributed by atoms with Gasteiger partial charge in [-0.15, -0.1) is 0 Å². The lowest BCUT2D eigenvalue weighted by Gasteiger charge is -2.27. The van der Waals surface area contributed by atoms with Crippen LogP contribution in [0.3, 0.4) is 0 Å². The first kappa shape index (κ1) is 24.5. The first-order valence-corrected chi connectivity index (χ1v) is 11.6. The average molecular weight is 446 g/mol. The van der Waals surface area contributed by atoms with E-state index in [2.05, 4.69) is 39.1 Å². The Morgan fingerprint density at radius 3 is 2.37 bits per heavy atom. The molecule has 0 saturated heterocycles. The van der Waals surface area contributed by atoms with Crippen LogP contribution in [0.25, 0.3) is 5.57 Å². The predicted molar refractivity (Wildman–Crippen MR) is 131 cm³/mol. The van der Waals surface area contributed by atoms with Crippen LogP contribution in [0.4, 0.5) is 5.69 Å². The van der Waals surface area contributed by atoms with Crippen LogP contribution in [0, 0.1) is 18.8 Å². The van der Waals surface area contributed by atoms with E-state index in [0.29, 0.717) is 5.02 Å². The highest BCUT2D eigenvalue weighted by molar-refractivity contribution is 6.31. The number of hydrogen-bond acceptors (Lipinski definition) is 1. The third-order valence-corrected chi connectivity index (χ3v) is 6.22. The molecule has 4 heteroatoms. The second-order valence-electron chi connectivity index (χ2n) is 8.03. The fraction of sp³-hybridized carbons (Fsp3) is 0.423. The molecule has 162 valence electrons. The van der Waals surface area contributed by atoms with Gasteiger partial charge in [0, 0.05) is 15.7 Å². The lowest BCUT2D eigenvalue weighted by Crippen LogP contribution is -2.25. The molecule has 0 heterocycles. The number of amides is 1. The van der Waals surface area contributed by atoms with Crippen LogP contribution >= 0.6 is 23.2 Å². The molecule has 2 nitrogen and oxygen atoms in total. The van der Waals surface area contributed by atoms with Crippen molar-refractivity contribution in [1.82, 2.24) is 0 Å². The summed E-state index contributed by atoms with van der Waals surface area (Å²) in [6.45, 7) is 10.7. The zero-order valence-electron chi connectivity index (χ0n) is 18.7. The molecule has 2 aromatic rings. The van der Waals surface area contributed by atoms with Gasteiger partial charge in [0.15, 0.2) is 0 Å². The van der Waals surface area contributed by atoms with Crippen molar-refractivity contribution >= 4 is 40.4 Å². The second-order valence-corrected chi connectivity index (χ2v) is 8.90. The Kier molecular flexibility index (Phi) is 9.45. The minimum atomic E-state index is -0.260. The molecule has 0 aliphatic carbocycles. The van der Waals surface area contributed by atoms with Gasteiger partial charge in [-0.25, -0.2) is 0 Å². The van der Waals surface area contributed by atoms with Crippen LogP contribution in [0.5, 0.6) is 0 Å². The summed E-state index contributed by atoms with van der Waals surface area (Å²) in [5.74, 6) is 0.0146. The van der Waals surface area contributed by atoms with Crippen LogP contribution in [-0.2, 0) is 4.79 Å². The lowest BCUT2D eigenvalue weighted by molar-refractivity contribution is -0.118. The number of nitrogens with one attached hydrogen (secondary N) is 1. The van der Waals surface area contributed by atoms with E-state index in [1.165, 1.54) is 16.7 Å². The van der Waals surface area contributed by atoms with Crippen molar-refractivity contribution in [2.24, 2.45) is 11.8 Å². The van der Waals surface area contributed by atoms with Crippen molar-refractivity contribution in [3.05, 3.63) is 69.2 Å². The molecule has 0 fully saturated rings. The predicted octanol–water partition coefficient (Wildman–Crippen LogP) is 8.57. The molecule has 1 amide bonds. The summed E-state index contributed by atoms with van der Waals surface area (Å²) in [5, 5.41) is 4.38. The van der Waals surface area contributed by atoms with E-state index < -0.39 is 0 Å². The van der Waals surface area contributed by atoms with Crippen molar-refractivity contribution in [2.45, 2.75) is 60.3 Å². The van der Waals surface area contributed by atoms with Gasteiger partial charge >= 0.3 is 0 Å². The zero-order valence-corrected chi connectivity index (χ0v) is 20.2. The Morgan fingerprint density at radius 2 is 1.73 bits per heavy atom. The van der Waals surface area contributed by atoms with Crippen LogP contribution in [-0.4, -0.2) is 5.91 Å². The standard InChI is InChI=1S/C26H33Cl2NO/c1-6-8-12-23(24-16-21(28)14-13-18(24)4)25(17(3)7-2)19(5)26(30)29-22-11-9-10-20(27)15-22/h9-11,13-17,19H,6-8,12H2,1-5H3,(H,29,30)/b25-23+/t17-,19?/m1/s1. The van der Waals surface area contributed by atoms with Gasteiger partial charge < -0.3 is 5.32 Å². The van der Waals surface area contributed by atoms with Gasteiger partial charge in [-0.2, -0.15) is 0 Å². The number of carbonyl (C=O) groups is 1. The number of rotatable bonds is 9. The van der Waals surface area contributed by atoms with E-state index in [1.54, 1.807) is 12.1 Å². The maximum atomic E-state index is 13.2. The molecule has 0 radical (unpaired) electrons. The van der Waals surface area contributed by atoms with E-state index in [9.17, 15) is 4.79 Å². The normalized spacial score (nSPS) is 14.1. The number of hydrogen-bond donors (Lipinski definition) is 1. The van der Waals surface area contributed by atoms with Gasteiger partial charge in [0.1, 0.15) is 0 Å². The minimum absolute atomic E-state index is 0.0127. The van der Waals surface area contributed by atoms with Gasteiger partial charge in [0.25, 0.3) is 0 Å². The number of allylic oxidation sites excluding steroid dienone is 1. The Morgan fingerprint density at radius 1 is 1.03 bits per heavy atom. The van der Waals surface area contributed by atoms with Gasteiger partial charge in [-0.3, -0.25) is 4.79 Å². The highest BCUT2D eigenvalue weighted by Gasteiger charge is 2.26. The maximum Gasteiger partial charge on any atom is 0.231 e. The lowest BCUT2D eigenvalue weighted by atomic mass is 9.79. The summed E-state index contributed by atoms with van der Waals surface area (Å²) in [6.07, 6.45) is 4.08. The van der Waals surface area contributed by atoms with Crippen molar-refractivity contribution in [1.29, 1.82) is 0 Å². The number of unbranched alkanes of at least 4 members (excludes halogenated alkanes) is 1. The first-order chi connectivity index (χ1) is 14.3. The molecule has 2 atom stereocenters. The third kappa shape index (κ3) is 6.36. The molecule has 0 aromatic heterocycles. The van der Waals surface area contributed by atoms with Crippen molar-refractivity contribution in [2.75, 3.05) is 5.32 Å². The molecule has 0 aliphatic heterocycles. The Balaban J connectivity index is 2.54. The summed E-state index contributed by atoms with van der Waals surface area (Å²) in [5.41, 5.74) is 5.54. The van der Waals surface area contributed by atoms with Crippen LogP contribution in [0.2, 0.25) is 10.0 Å². The summed E-state index contributed by atoms with van der Waals surface area (Å²) in [7, 11) is 0. The zero-order chi connectivity index (χ0) is 22.3. The summed E-state index contributed by atoms with van der Waals surface area (Å²) in [4.78, 5) is 13.2. The van der Waals surface area contributed by atoms with Crippen LogP contribution in [0.15, 0.2) is 48.0 Å². The molecule has 30 heavy (non-hydrogen) atoms. The molecule has 0 spiro atoms. The SMILES string of the molecule is CCCC/C(=C(\C(C)C(=O)Nc1cccc(Cl)c1)[C@H](C)CC)c1cc(Cl)ccc1C. The highest BCUT2D eigenvalue weighted by atomic mass is 35.5. The van der Waals surface area contributed by atoms with Crippen molar-refractivity contribution < 1.29 is 4.79 Å². The Bertz CT molecular complexity index is 904. The first-order valence-electron chi connectivity index (χ1n) is 10.8. The van der Waals surface area contributed by atoms with Crippen molar-refractivity contribution in [3.63, 3.8) is 0 Å². The van der Waals surface area contributed by atoms with E-state index in [4.69, 9.17) is 23.2 Å². The average Bonchev–Trinajstić information content (AvgIpc) is 2.72. The molecule has 1 N–H and O–H groups in total. The summed E-state index contributed by atoms with van der Waals surface area (Å²) >= 11 is 12.5. The van der Waals surface area contributed by atoms with Gasteiger partial charge in [0.2, 0.25) is 5.91 Å². The Labute approximate surface area is 191 Å². The molecule has 0 bridgehead atoms. The Hall–Kier alpha value is -1.77. The quantitative estimate of drug-likeness (QED) is 0.411. The highest BCUT2D eigenvalue weighted by Crippen LogP contribution is 2.37. The molecular weight excluding hydrogens is 413 g/mol. The van der Waals surface area contributed by atoms with E-state index in [0.717, 1.165) is 42.0 Å². The molecule has 0 aliphatic rings. The third-order valence-electron chi connectivity index (χ3n) is 5.75. The molecule has 1 unspecified atom stereocenters. The van der Waals surface area contributed by atoms with Crippen LogP contribution < -0.4 is 5.32 Å². The van der Waals surface area contributed by atoms with Crippen LogP contribution in [0.1, 0.15) is 64.5 Å². The molecular formula is C26H33Cl2NO. The summed E-state index contributed by atoms with van der Waals surface area (Å²) < 4.78 is 0. The van der Waals surface area contributed by atoms with Gasteiger partial charge in [-0.05, 0) is 86.1 Å². The maximum absolute atomic E-state index is 13.2. The smallest absolute Gasteiger partial charge is 0.231 e. The fourth-order valence-corrected chi connectivity index (χ4v) is 4.23. The summed E-state index contributed by atoms with van der Waals surface area (Å²) in [6, 6.07) is 13.3. The number of benzene rings is 2. The minimum Gasteiger partial charge on any atom is -0.326 e. The number of halogens is 2. The topological polar surface area (TPSA) is 29.1 Å². The fourth-order valence-electron chi connectivity index (χ4n) is 3.87. The monoisotopic (exact) mass is 445 g/mol. The van der Waals surface area contributed by atoms with Gasteiger partial charge in [-0.1, -0.05) is 68.1 Å². The van der Waals surface area contributed by atoms with E-state index in [-0.39, 0.29) is 17.7 Å². The molecule has 2 rings (SSSR count). The molecule has 2 aromatic carbocycles. The largest absolute Gasteiger partial charge is 0.326 e.